The highest BCUT2D eigenvalue weighted by molar-refractivity contribution is 5.92. The van der Waals surface area contributed by atoms with Gasteiger partial charge in [-0.25, -0.2) is 4.98 Å². The molecule has 0 saturated carbocycles. The zero-order chi connectivity index (χ0) is 15.4. The van der Waals surface area contributed by atoms with E-state index < -0.39 is 0 Å². The van der Waals surface area contributed by atoms with Gasteiger partial charge in [0.25, 0.3) is 0 Å². The molecule has 0 aliphatic carbocycles. The summed E-state index contributed by atoms with van der Waals surface area (Å²) in [6.45, 7) is 2.41. The fourth-order valence-corrected chi connectivity index (χ4v) is 2.13. The van der Waals surface area contributed by atoms with Crippen molar-refractivity contribution < 1.29 is 4.79 Å². The Morgan fingerprint density at radius 2 is 2.32 bits per heavy atom. The molecule has 1 atom stereocenters. The van der Waals surface area contributed by atoms with E-state index in [2.05, 4.69) is 25.6 Å². The van der Waals surface area contributed by atoms with Gasteiger partial charge in [0, 0.05) is 23.6 Å². The number of H-pyrrole nitrogens is 1. The second kappa shape index (κ2) is 6.21. The molecule has 2 aromatic heterocycles. The molecule has 1 amide bonds. The normalized spacial score (nSPS) is 12.0. The fourth-order valence-electron chi connectivity index (χ4n) is 2.13. The molecule has 0 aliphatic heterocycles. The van der Waals surface area contributed by atoms with Gasteiger partial charge in [0.05, 0.1) is 12.5 Å². The molecule has 2 heterocycles. The van der Waals surface area contributed by atoms with E-state index in [1.165, 1.54) is 6.33 Å². The smallest absolute Gasteiger partial charge is 0.229 e. The van der Waals surface area contributed by atoms with Gasteiger partial charge < -0.3 is 5.32 Å². The first kappa shape index (κ1) is 14.0. The largest absolute Gasteiger partial charge is 0.326 e. The topological polar surface area (TPSA) is 88.5 Å². The minimum absolute atomic E-state index is 0.0507. The van der Waals surface area contributed by atoms with E-state index in [-0.39, 0.29) is 11.8 Å². The summed E-state index contributed by atoms with van der Waals surface area (Å²) in [5.74, 6) is 0.430. The monoisotopic (exact) mass is 296 g/mol. The van der Waals surface area contributed by atoms with Crippen LogP contribution < -0.4 is 5.32 Å². The van der Waals surface area contributed by atoms with E-state index in [0.717, 1.165) is 11.3 Å². The molecule has 22 heavy (non-hydrogen) atoms. The van der Waals surface area contributed by atoms with E-state index in [0.29, 0.717) is 12.4 Å². The first-order chi connectivity index (χ1) is 10.7. The quantitative estimate of drug-likeness (QED) is 0.753. The summed E-state index contributed by atoms with van der Waals surface area (Å²) in [5.41, 5.74) is 1.60. The Bertz CT molecular complexity index is 735. The Balaban J connectivity index is 1.67. The van der Waals surface area contributed by atoms with Crippen molar-refractivity contribution in [1.29, 1.82) is 0 Å². The fraction of sp³-hybridized carbons (Fsp3) is 0.200. The molecule has 2 N–H and O–H groups in total. The number of aromatic amines is 1. The predicted molar refractivity (Wildman–Crippen MR) is 81.8 cm³/mol. The number of rotatable bonds is 5. The van der Waals surface area contributed by atoms with Gasteiger partial charge in [0.1, 0.15) is 6.33 Å². The Kier molecular flexibility index (Phi) is 3.95. The maximum absolute atomic E-state index is 12.2. The van der Waals surface area contributed by atoms with E-state index in [4.69, 9.17) is 0 Å². The van der Waals surface area contributed by atoms with Crippen LogP contribution in [-0.2, 0) is 11.3 Å². The molecule has 3 rings (SSSR count). The van der Waals surface area contributed by atoms with E-state index in [1.807, 2.05) is 43.5 Å². The number of carbonyl (C=O) groups is 1. The van der Waals surface area contributed by atoms with Crippen LogP contribution in [0.5, 0.6) is 0 Å². The average molecular weight is 296 g/mol. The maximum Gasteiger partial charge on any atom is 0.229 e. The number of hydrogen-bond donors (Lipinski definition) is 2. The van der Waals surface area contributed by atoms with E-state index in [1.54, 1.807) is 10.9 Å². The third-order valence-electron chi connectivity index (χ3n) is 3.29. The van der Waals surface area contributed by atoms with Crippen molar-refractivity contribution in [3.63, 3.8) is 0 Å². The molecule has 112 valence electrons. The summed E-state index contributed by atoms with van der Waals surface area (Å²) in [6.07, 6.45) is 4.99. The SMILES string of the molecule is CC(Cn1cccn1)C(=O)Nc1cccc(-c2ncn[nH]2)c1. The molecule has 0 bridgehead atoms. The average Bonchev–Trinajstić information content (AvgIpc) is 3.21. The molecule has 1 unspecified atom stereocenters. The predicted octanol–water partition coefficient (Wildman–Crippen LogP) is 1.94. The number of nitrogens with zero attached hydrogens (tertiary/aromatic N) is 4. The highest BCUT2D eigenvalue weighted by Gasteiger charge is 2.14. The van der Waals surface area contributed by atoms with Gasteiger partial charge in [-0.05, 0) is 18.2 Å². The lowest BCUT2D eigenvalue weighted by molar-refractivity contribution is -0.119. The number of benzene rings is 1. The third kappa shape index (κ3) is 3.20. The lowest BCUT2D eigenvalue weighted by atomic mass is 10.1. The van der Waals surface area contributed by atoms with Gasteiger partial charge in [-0.15, -0.1) is 0 Å². The molecule has 3 aromatic rings. The zero-order valence-corrected chi connectivity index (χ0v) is 12.1. The van der Waals surface area contributed by atoms with Gasteiger partial charge in [-0.1, -0.05) is 19.1 Å². The molecular formula is C15H16N6O. The van der Waals surface area contributed by atoms with Crippen LogP contribution in [-0.4, -0.2) is 30.9 Å². The summed E-state index contributed by atoms with van der Waals surface area (Å²) in [4.78, 5) is 16.3. The molecule has 0 saturated heterocycles. The highest BCUT2D eigenvalue weighted by Crippen LogP contribution is 2.19. The minimum Gasteiger partial charge on any atom is -0.326 e. The lowest BCUT2D eigenvalue weighted by Gasteiger charge is -2.12. The first-order valence-corrected chi connectivity index (χ1v) is 6.96. The number of anilines is 1. The van der Waals surface area contributed by atoms with Crippen LogP contribution in [0.1, 0.15) is 6.92 Å². The lowest BCUT2D eigenvalue weighted by Crippen LogP contribution is -2.24. The summed E-state index contributed by atoms with van der Waals surface area (Å²) >= 11 is 0. The molecular weight excluding hydrogens is 280 g/mol. The maximum atomic E-state index is 12.2. The van der Waals surface area contributed by atoms with Crippen LogP contribution >= 0.6 is 0 Å². The van der Waals surface area contributed by atoms with Crippen molar-refractivity contribution in [1.82, 2.24) is 25.0 Å². The molecule has 7 heteroatoms. The van der Waals surface area contributed by atoms with Crippen molar-refractivity contribution in [3.05, 3.63) is 49.1 Å². The van der Waals surface area contributed by atoms with Crippen molar-refractivity contribution in [2.75, 3.05) is 5.32 Å². The molecule has 0 aliphatic rings. The van der Waals surface area contributed by atoms with Gasteiger partial charge in [0.2, 0.25) is 5.91 Å². The van der Waals surface area contributed by atoms with Crippen LogP contribution in [0.15, 0.2) is 49.1 Å². The Morgan fingerprint density at radius 3 is 3.05 bits per heavy atom. The second-order valence-electron chi connectivity index (χ2n) is 5.03. The molecule has 0 spiro atoms. The third-order valence-corrected chi connectivity index (χ3v) is 3.29. The van der Waals surface area contributed by atoms with Crippen molar-refractivity contribution in [3.8, 4) is 11.4 Å². The zero-order valence-electron chi connectivity index (χ0n) is 12.1. The van der Waals surface area contributed by atoms with Gasteiger partial charge in [0.15, 0.2) is 5.82 Å². The summed E-state index contributed by atoms with van der Waals surface area (Å²) in [7, 11) is 0. The van der Waals surface area contributed by atoms with Crippen molar-refractivity contribution in [2.45, 2.75) is 13.5 Å². The summed E-state index contributed by atoms with van der Waals surface area (Å²) < 4.78 is 1.75. The van der Waals surface area contributed by atoms with Crippen LogP contribution in [0.25, 0.3) is 11.4 Å². The standard InChI is InChI=1S/C15H16N6O/c1-11(9-21-7-3-6-18-21)15(22)19-13-5-2-4-12(8-13)14-16-10-17-20-14/h2-8,10-11H,9H2,1H3,(H,19,22)(H,16,17,20). The molecule has 1 aromatic carbocycles. The summed E-state index contributed by atoms with van der Waals surface area (Å²) in [5, 5.41) is 13.7. The molecule has 0 radical (unpaired) electrons. The number of amides is 1. The summed E-state index contributed by atoms with van der Waals surface area (Å²) in [6, 6.07) is 9.32. The first-order valence-electron chi connectivity index (χ1n) is 6.96. The van der Waals surface area contributed by atoms with E-state index in [9.17, 15) is 4.79 Å². The Labute approximate surface area is 127 Å². The van der Waals surface area contributed by atoms with Crippen LogP contribution in [0.4, 0.5) is 5.69 Å². The van der Waals surface area contributed by atoms with Crippen molar-refractivity contribution in [2.24, 2.45) is 5.92 Å². The van der Waals surface area contributed by atoms with Crippen LogP contribution in [0.3, 0.4) is 0 Å². The molecule has 0 fully saturated rings. The number of hydrogen-bond acceptors (Lipinski definition) is 4. The van der Waals surface area contributed by atoms with E-state index >= 15 is 0 Å². The van der Waals surface area contributed by atoms with Crippen molar-refractivity contribution >= 4 is 11.6 Å². The number of nitrogens with one attached hydrogen (secondary N) is 2. The van der Waals surface area contributed by atoms with Gasteiger partial charge in [-0.3, -0.25) is 14.6 Å². The van der Waals surface area contributed by atoms with Gasteiger partial charge >= 0.3 is 0 Å². The minimum atomic E-state index is -0.186. The van der Waals surface area contributed by atoms with Gasteiger partial charge in [-0.2, -0.15) is 10.2 Å². The van der Waals surface area contributed by atoms with Crippen LogP contribution in [0, 0.1) is 5.92 Å². The Morgan fingerprint density at radius 1 is 1.41 bits per heavy atom. The molecule has 7 nitrogen and oxygen atoms in total. The van der Waals surface area contributed by atoms with Crippen LogP contribution in [0.2, 0.25) is 0 Å². The second-order valence-corrected chi connectivity index (χ2v) is 5.03. The Hall–Kier alpha value is -2.96. The number of aromatic nitrogens is 5. The number of carbonyl (C=O) groups excluding carboxylic acids is 1. The highest BCUT2D eigenvalue weighted by atomic mass is 16.1.